The van der Waals surface area contributed by atoms with Crippen LogP contribution in [0.4, 0.5) is 5.69 Å². The highest BCUT2D eigenvalue weighted by molar-refractivity contribution is 5.91. The molecule has 0 spiro atoms. The Morgan fingerprint density at radius 3 is 2.89 bits per heavy atom. The number of aliphatic hydroxyl groups is 1. The highest BCUT2D eigenvalue weighted by Gasteiger charge is 2.34. The summed E-state index contributed by atoms with van der Waals surface area (Å²) in [5.74, 6) is 0.653. The lowest BCUT2D eigenvalue weighted by atomic mass is 9.93. The molecule has 2 N–H and O–H groups in total. The molecule has 1 aliphatic rings. The van der Waals surface area contributed by atoms with E-state index < -0.39 is 5.60 Å². The van der Waals surface area contributed by atoms with E-state index in [2.05, 4.69) is 17.3 Å². The number of amides is 1. The molecule has 0 radical (unpaired) electrons. The van der Waals surface area contributed by atoms with Crippen molar-refractivity contribution in [2.45, 2.75) is 32.3 Å². The van der Waals surface area contributed by atoms with Crippen LogP contribution in [0.15, 0.2) is 30.6 Å². The molecule has 0 aliphatic carbocycles. The van der Waals surface area contributed by atoms with Crippen molar-refractivity contribution in [3.8, 4) is 5.75 Å². The predicted molar refractivity (Wildman–Crippen MR) is 104 cm³/mol. The van der Waals surface area contributed by atoms with Gasteiger partial charge in [0.2, 0.25) is 5.91 Å². The molecule has 1 atom stereocenters. The Kier molecular flexibility index (Phi) is 5.82. The van der Waals surface area contributed by atoms with Gasteiger partial charge in [-0.2, -0.15) is 5.10 Å². The lowest BCUT2D eigenvalue weighted by Gasteiger charge is -2.38. The van der Waals surface area contributed by atoms with Crippen LogP contribution in [-0.4, -0.2) is 57.5 Å². The second-order valence-corrected chi connectivity index (χ2v) is 7.52. The number of rotatable bonds is 6. The minimum Gasteiger partial charge on any atom is -0.491 e. The van der Waals surface area contributed by atoms with Crippen molar-refractivity contribution in [3.63, 3.8) is 0 Å². The molecule has 1 amide bonds. The number of nitrogens with one attached hydrogen (secondary N) is 1. The lowest BCUT2D eigenvalue weighted by molar-refractivity contribution is -0.119. The van der Waals surface area contributed by atoms with E-state index >= 15 is 0 Å². The second-order valence-electron chi connectivity index (χ2n) is 7.52. The van der Waals surface area contributed by atoms with Gasteiger partial charge in [0, 0.05) is 19.8 Å². The molecule has 1 aliphatic heterocycles. The van der Waals surface area contributed by atoms with Crippen LogP contribution in [0.3, 0.4) is 0 Å². The van der Waals surface area contributed by atoms with Gasteiger partial charge >= 0.3 is 0 Å². The summed E-state index contributed by atoms with van der Waals surface area (Å²) >= 11 is 0. The molecule has 1 fully saturated rings. The van der Waals surface area contributed by atoms with E-state index in [1.165, 1.54) is 5.56 Å². The van der Waals surface area contributed by atoms with Crippen molar-refractivity contribution in [1.29, 1.82) is 0 Å². The molecule has 0 bridgehead atoms. The molecule has 7 heteroatoms. The molecule has 3 rings (SSSR count). The highest BCUT2D eigenvalue weighted by atomic mass is 16.5. The molecule has 0 saturated carbocycles. The van der Waals surface area contributed by atoms with E-state index in [0.29, 0.717) is 18.7 Å². The number of aryl methyl sites for hydroxylation is 3. The quantitative estimate of drug-likeness (QED) is 0.809. The summed E-state index contributed by atoms with van der Waals surface area (Å²) in [4.78, 5) is 14.2. The van der Waals surface area contributed by atoms with Gasteiger partial charge in [-0.15, -0.1) is 0 Å². The van der Waals surface area contributed by atoms with E-state index in [4.69, 9.17) is 4.74 Å². The van der Waals surface area contributed by atoms with Gasteiger partial charge in [0.25, 0.3) is 0 Å². The van der Waals surface area contributed by atoms with Crippen molar-refractivity contribution < 1.29 is 14.6 Å². The van der Waals surface area contributed by atoms with Crippen LogP contribution in [-0.2, 0) is 11.8 Å². The number of aromatic nitrogens is 2. The first-order valence-corrected chi connectivity index (χ1v) is 9.26. The number of carbonyl (C=O) groups excluding carboxylic acids is 1. The standard InChI is InChI=1S/C20H28N4O3/c1-15-5-6-18(9-16(15)2)27-14-20(26)7-4-8-24(13-20)12-19(25)22-17-10-21-23(3)11-17/h5-6,9-11,26H,4,7-8,12-14H2,1-3H3,(H,22,25). The average Bonchev–Trinajstić information content (AvgIpc) is 3.01. The molecule has 1 saturated heterocycles. The normalized spacial score (nSPS) is 20.4. The van der Waals surface area contributed by atoms with Gasteiger partial charge in [-0.25, -0.2) is 0 Å². The number of ether oxygens (including phenoxy) is 1. The van der Waals surface area contributed by atoms with Gasteiger partial charge in [0.05, 0.1) is 18.4 Å². The number of carbonyl (C=O) groups is 1. The molecule has 2 aromatic rings. The second kappa shape index (κ2) is 8.10. The summed E-state index contributed by atoms with van der Waals surface area (Å²) in [5.41, 5.74) is 2.10. The van der Waals surface area contributed by atoms with Crippen LogP contribution < -0.4 is 10.1 Å². The molecular weight excluding hydrogens is 344 g/mol. The first kappa shape index (κ1) is 19.4. The number of hydrogen-bond donors (Lipinski definition) is 2. The monoisotopic (exact) mass is 372 g/mol. The van der Waals surface area contributed by atoms with Gasteiger partial charge in [-0.1, -0.05) is 6.07 Å². The fourth-order valence-corrected chi connectivity index (χ4v) is 3.37. The first-order chi connectivity index (χ1) is 12.8. The van der Waals surface area contributed by atoms with Gasteiger partial charge < -0.3 is 15.2 Å². The van der Waals surface area contributed by atoms with Crippen LogP contribution in [0, 0.1) is 13.8 Å². The average molecular weight is 372 g/mol. The molecule has 1 aromatic carbocycles. The summed E-state index contributed by atoms with van der Waals surface area (Å²) in [6.45, 7) is 5.75. The zero-order valence-corrected chi connectivity index (χ0v) is 16.2. The van der Waals surface area contributed by atoms with Gasteiger partial charge in [0.1, 0.15) is 18.0 Å². The van der Waals surface area contributed by atoms with Crippen molar-refractivity contribution in [1.82, 2.24) is 14.7 Å². The SMILES string of the molecule is Cc1ccc(OCC2(O)CCCN(CC(=O)Nc3cnn(C)c3)C2)cc1C. The summed E-state index contributed by atoms with van der Waals surface area (Å²) < 4.78 is 7.49. The van der Waals surface area contributed by atoms with Crippen LogP contribution >= 0.6 is 0 Å². The Bertz CT molecular complexity index is 804. The van der Waals surface area contributed by atoms with Crippen molar-refractivity contribution in [3.05, 3.63) is 41.7 Å². The number of likely N-dealkylation sites (tertiary alicyclic amines) is 1. The molecule has 1 aromatic heterocycles. The summed E-state index contributed by atoms with van der Waals surface area (Å²) in [6, 6.07) is 5.93. The van der Waals surface area contributed by atoms with E-state index in [-0.39, 0.29) is 19.1 Å². The van der Waals surface area contributed by atoms with Crippen LogP contribution in [0.25, 0.3) is 0 Å². The Hall–Kier alpha value is -2.38. The fourth-order valence-electron chi connectivity index (χ4n) is 3.37. The minimum absolute atomic E-state index is 0.109. The molecule has 7 nitrogen and oxygen atoms in total. The Balaban J connectivity index is 1.52. The maximum atomic E-state index is 12.2. The minimum atomic E-state index is -0.953. The maximum absolute atomic E-state index is 12.2. The smallest absolute Gasteiger partial charge is 0.238 e. The third-order valence-corrected chi connectivity index (χ3v) is 4.98. The molecular formula is C20H28N4O3. The largest absolute Gasteiger partial charge is 0.491 e. The van der Waals surface area contributed by atoms with Crippen LogP contribution in [0.1, 0.15) is 24.0 Å². The zero-order chi connectivity index (χ0) is 19.4. The molecule has 1 unspecified atom stereocenters. The topological polar surface area (TPSA) is 79.6 Å². The summed E-state index contributed by atoms with van der Waals surface area (Å²) in [6.07, 6.45) is 4.86. The Labute approximate surface area is 159 Å². The van der Waals surface area contributed by atoms with Crippen molar-refractivity contribution >= 4 is 11.6 Å². The lowest BCUT2D eigenvalue weighted by Crippen LogP contribution is -2.53. The van der Waals surface area contributed by atoms with Crippen molar-refractivity contribution in [2.75, 3.05) is 31.6 Å². The molecule has 2 heterocycles. The number of β-amino-alcohol motifs (C(OH)–C–C–N with tert-alkyl or cyclic N) is 1. The van der Waals surface area contributed by atoms with Crippen molar-refractivity contribution in [2.24, 2.45) is 7.05 Å². The Morgan fingerprint density at radius 2 is 2.19 bits per heavy atom. The number of benzene rings is 1. The van der Waals surface area contributed by atoms with E-state index in [9.17, 15) is 9.90 Å². The summed E-state index contributed by atoms with van der Waals surface area (Å²) in [5, 5.41) is 17.8. The highest BCUT2D eigenvalue weighted by Crippen LogP contribution is 2.24. The maximum Gasteiger partial charge on any atom is 0.238 e. The zero-order valence-electron chi connectivity index (χ0n) is 16.2. The first-order valence-electron chi connectivity index (χ1n) is 9.26. The number of hydrogen-bond acceptors (Lipinski definition) is 5. The third kappa shape index (κ3) is 5.30. The predicted octanol–water partition coefficient (Wildman–Crippen LogP) is 1.88. The number of piperidine rings is 1. The molecule has 146 valence electrons. The van der Waals surface area contributed by atoms with E-state index in [1.54, 1.807) is 24.1 Å². The van der Waals surface area contributed by atoms with Crippen LogP contribution in [0.5, 0.6) is 5.75 Å². The Morgan fingerprint density at radius 1 is 1.37 bits per heavy atom. The van der Waals surface area contributed by atoms with Gasteiger partial charge in [0.15, 0.2) is 0 Å². The van der Waals surface area contributed by atoms with Gasteiger partial charge in [-0.05, 0) is 56.5 Å². The molecule has 27 heavy (non-hydrogen) atoms. The van der Waals surface area contributed by atoms with E-state index in [0.717, 1.165) is 24.3 Å². The van der Waals surface area contributed by atoms with Gasteiger partial charge in [-0.3, -0.25) is 14.4 Å². The summed E-state index contributed by atoms with van der Waals surface area (Å²) in [7, 11) is 1.80. The van der Waals surface area contributed by atoms with Crippen LogP contribution in [0.2, 0.25) is 0 Å². The number of nitrogens with zero attached hydrogens (tertiary/aromatic N) is 3. The fraction of sp³-hybridized carbons (Fsp3) is 0.500. The number of anilines is 1. The third-order valence-electron chi connectivity index (χ3n) is 4.98. The van der Waals surface area contributed by atoms with E-state index in [1.807, 2.05) is 30.0 Å².